The molecule has 0 aliphatic heterocycles. The van der Waals surface area contributed by atoms with Crippen LogP contribution in [0.25, 0.3) is 11.1 Å². The second-order valence-electron chi connectivity index (χ2n) is 7.33. The van der Waals surface area contributed by atoms with E-state index in [-0.39, 0.29) is 12.1 Å². The van der Waals surface area contributed by atoms with Crippen LogP contribution in [0.1, 0.15) is 19.4 Å². The van der Waals surface area contributed by atoms with E-state index in [0.717, 1.165) is 5.56 Å². The van der Waals surface area contributed by atoms with Gasteiger partial charge in [0, 0.05) is 11.6 Å². The fraction of sp³-hybridized carbons (Fsp3) is 0.435. The predicted octanol–water partition coefficient (Wildman–Crippen LogP) is 6.27. The third kappa shape index (κ3) is 6.43. The van der Waals surface area contributed by atoms with Crippen molar-refractivity contribution in [3.63, 3.8) is 0 Å². The van der Waals surface area contributed by atoms with Crippen LogP contribution in [0.2, 0.25) is 5.02 Å². The second-order valence-corrected chi connectivity index (χ2v) is 7.77. The van der Waals surface area contributed by atoms with Crippen molar-refractivity contribution in [1.82, 2.24) is 4.90 Å². The summed E-state index contributed by atoms with van der Waals surface area (Å²) in [7, 11) is 0. The average Bonchev–Trinajstić information content (AvgIpc) is 2.76. The summed E-state index contributed by atoms with van der Waals surface area (Å²) < 4.78 is 90.9. The van der Waals surface area contributed by atoms with Gasteiger partial charge >= 0.3 is 23.9 Å². The maximum absolute atomic E-state index is 13.7. The van der Waals surface area contributed by atoms with Crippen LogP contribution in [-0.4, -0.2) is 55.1 Å². The molecule has 0 bridgehead atoms. The van der Waals surface area contributed by atoms with Crippen molar-refractivity contribution in [1.29, 1.82) is 0 Å². The van der Waals surface area contributed by atoms with Gasteiger partial charge in [-0.15, -0.1) is 0 Å². The topological polar surface area (TPSA) is 38.8 Å². The molecule has 0 saturated heterocycles. The number of hydrogen-bond acceptors (Lipinski definition) is 4. The minimum Gasteiger partial charge on any atom is -0.462 e. The molecule has 2 rings (SSSR count). The molecule has 11 heteroatoms. The van der Waals surface area contributed by atoms with Crippen LogP contribution in [-0.2, 0) is 20.9 Å². The lowest BCUT2D eigenvalue weighted by molar-refractivity contribution is -0.372. The fourth-order valence-electron chi connectivity index (χ4n) is 3.15. The standard InChI is InChI=1S/C23H24ClF6NO3/c1-3-31(4-2)13-14-33-20(32)21(22(25,26)27,23(28,29)30)34-15-16-5-7-17(8-6-16)18-9-11-19(24)12-10-18/h5-12H,3-4,13-15H2,1-2H3. The van der Waals surface area contributed by atoms with Crippen molar-refractivity contribution in [3.8, 4) is 11.1 Å². The normalized spacial score (nSPS) is 12.8. The van der Waals surface area contributed by atoms with Crippen LogP contribution >= 0.6 is 11.6 Å². The van der Waals surface area contributed by atoms with Crippen LogP contribution in [0.5, 0.6) is 0 Å². The van der Waals surface area contributed by atoms with E-state index in [1.54, 1.807) is 43.0 Å². The number of benzene rings is 2. The molecule has 0 fully saturated rings. The molecule has 0 spiro atoms. The summed E-state index contributed by atoms with van der Waals surface area (Å²) in [5.74, 6) is -2.54. The molecule has 0 radical (unpaired) electrons. The molecule has 2 aromatic carbocycles. The fourth-order valence-corrected chi connectivity index (χ4v) is 3.28. The summed E-state index contributed by atoms with van der Waals surface area (Å²) in [6, 6.07) is 12.3. The third-order valence-electron chi connectivity index (χ3n) is 5.21. The van der Waals surface area contributed by atoms with E-state index in [4.69, 9.17) is 11.6 Å². The van der Waals surface area contributed by atoms with Crippen molar-refractivity contribution < 1.29 is 40.6 Å². The quantitative estimate of drug-likeness (QED) is 0.278. The minimum absolute atomic E-state index is 0.00605. The zero-order valence-electron chi connectivity index (χ0n) is 18.5. The van der Waals surface area contributed by atoms with E-state index in [2.05, 4.69) is 9.47 Å². The Morgan fingerprint density at radius 2 is 1.32 bits per heavy atom. The predicted molar refractivity (Wildman–Crippen MR) is 115 cm³/mol. The van der Waals surface area contributed by atoms with Gasteiger partial charge in [-0.3, -0.25) is 0 Å². The van der Waals surface area contributed by atoms with Crippen molar-refractivity contribution in [3.05, 3.63) is 59.1 Å². The van der Waals surface area contributed by atoms with E-state index in [1.165, 1.54) is 24.3 Å². The number of esters is 1. The first-order chi connectivity index (χ1) is 15.9. The summed E-state index contributed by atoms with van der Waals surface area (Å²) in [5, 5.41) is 0.508. The highest BCUT2D eigenvalue weighted by molar-refractivity contribution is 6.30. The molecule has 0 unspecified atom stereocenters. The summed E-state index contributed by atoms with van der Waals surface area (Å²) in [5.41, 5.74) is -3.70. The summed E-state index contributed by atoms with van der Waals surface area (Å²) in [6.45, 7) is 2.70. The second kappa shape index (κ2) is 11.4. The van der Waals surface area contributed by atoms with E-state index >= 15 is 0 Å². The molecule has 0 amide bonds. The smallest absolute Gasteiger partial charge is 0.437 e. The van der Waals surface area contributed by atoms with E-state index in [1.807, 2.05) is 0 Å². The third-order valence-corrected chi connectivity index (χ3v) is 5.46. The molecule has 0 aromatic heterocycles. The number of carbonyl (C=O) groups excluding carboxylic acids is 1. The van der Waals surface area contributed by atoms with Crippen LogP contribution in [0, 0.1) is 0 Å². The molecule has 4 nitrogen and oxygen atoms in total. The molecule has 0 atom stereocenters. The summed E-state index contributed by atoms with van der Waals surface area (Å²) in [4.78, 5) is 13.9. The van der Waals surface area contributed by atoms with E-state index in [9.17, 15) is 31.1 Å². The van der Waals surface area contributed by atoms with Gasteiger partial charge in [0.2, 0.25) is 0 Å². The highest BCUT2D eigenvalue weighted by Gasteiger charge is 2.78. The lowest BCUT2D eigenvalue weighted by Gasteiger charge is -2.34. The van der Waals surface area contributed by atoms with Crippen LogP contribution in [0.4, 0.5) is 26.3 Å². The lowest BCUT2D eigenvalue weighted by Crippen LogP contribution is -2.64. The molecule has 2 aromatic rings. The van der Waals surface area contributed by atoms with Gasteiger partial charge in [-0.1, -0.05) is 61.8 Å². The first-order valence-electron chi connectivity index (χ1n) is 10.4. The number of nitrogens with zero attached hydrogens (tertiary/aromatic N) is 1. The number of carbonyl (C=O) groups is 1. The number of ether oxygens (including phenoxy) is 2. The van der Waals surface area contributed by atoms with Gasteiger partial charge in [-0.05, 0) is 41.9 Å². The van der Waals surface area contributed by atoms with Gasteiger partial charge in [0.15, 0.2) is 0 Å². The van der Waals surface area contributed by atoms with Crippen LogP contribution < -0.4 is 0 Å². The Morgan fingerprint density at radius 1 is 0.853 bits per heavy atom. The zero-order valence-corrected chi connectivity index (χ0v) is 19.2. The zero-order chi connectivity index (χ0) is 25.6. The summed E-state index contributed by atoms with van der Waals surface area (Å²) >= 11 is 5.83. The first kappa shape index (κ1) is 27.9. The van der Waals surface area contributed by atoms with Crippen molar-refractivity contribution in [2.75, 3.05) is 26.2 Å². The maximum Gasteiger partial charge on any atom is 0.437 e. The lowest BCUT2D eigenvalue weighted by atomic mass is 10.0. The van der Waals surface area contributed by atoms with Crippen molar-refractivity contribution in [2.24, 2.45) is 0 Å². The largest absolute Gasteiger partial charge is 0.462 e. The molecule has 34 heavy (non-hydrogen) atoms. The molecular weight excluding hydrogens is 488 g/mol. The Morgan fingerprint density at radius 3 is 1.76 bits per heavy atom. The number of hydrogen-bond donors (Lipinski definition) is 0. The molecular formula is C23H24ClF6NO3. The Kier molecular flexibility index (Phi) is 9.38. The average molecular weight is 512 g/mol. The van der Waals surface area contributed by atoms with Gasteiger partial charge in [0.1, 0.15) is 6.61 Å². The molecule has 0 saturated carbocycles. The molecule has 188 valence electrons. The summed E-state index contributed by atoms with van der Waals surface area (Å²) in [6.07, 6.45) is -12.2. The van der Waals surface area contributed by atoms with Crippen LogP contribution in [0.15, 0.2) is 48.5 Å². The molecule has 0 aliphatic carbocycles. The van der Waals surface area contributed by atoms with Gasteiger partial charge in [0.25, 0.3) is 0 Å². The number of likely N-dealkylation sites (N-methyl/N-ethyl adjacent to an activating group) is 1. The van der Waals surface area contributed by atoms with E-state index < -0.39 is 37.1 Å². The number of rotatable bonds is 10. The van der Waals surface area contributed by atoms with Crippen molar-refractivity contribution >= 4 is 17.6 Å². The van der Waals surface area contributed by atoms with Gasteiger partial charge in [-0.2, -0.15) is 26.3 Å². The Bertz CT molecular complexity index is 912. The van der Waals surface area contributed by atoms with Gasteiger partial charge in [0.05, 0.1) is 6.61 Å². The highest BCUT2D eigenvalue weighted by atomic mass is 35.5. The minimum atomic E-state index is -6.10. The maximum atomic E-state index is 13.7. The Hall–Kier alpha value is -2.30. The number of halogens is 7. The van der Waals surface area contributed by atoms with Crippen LogP contribution in [0.3, 0.4) is 0 Å². The molecule has 0 heterocycles. The SMILES string of the molecule is CCN(CC)CCOC(=O)C(OCc1ccc(-c2ccc(Cl)cc2)cc1)(C(F)(F)F)C(F)(F)F. The van der Waals surface area contributed by atoms with Gasteiger partial charge in [-0.25, -0.2) is 4.79 Å². The molecule has 0 aliphatic rings. The van der Waals surface area contributed by atoms with Gasteiger partial charge < -0.3 is 14.4 Å². The van der Waals surface area contributed by atoms with E-state index in [0.29, 0.717) is 23.7 Å². The molecule has 0 N–H and O–H groups in total. The first-order valence-corrected chi connectivity index (χ1v) is 10.7. The monoisotopic (exact) mass is 511 g/mol. The Balaban J connectivity index is 2.23. The highest BCUT2D eigenvalue weighted by Crippen LogP contribution is 2.47. The van der Waals surface area contributed by atoms with Crippen molar-refractivity contribution in [2.45, 2.75) is 38.4 Å². The number of alkyl halides is 6. The Labute approximate surface area is 198 Å².